The molecule has 1 amide bonds. The number of carbonyl (C=O) groups is 1. The van der Waals surface area contributed by atoms with Crippen LogP contribution < -0.4 is 9.80 Å². The Balaban J connectivity index is 1.10. The molecule has 4 aromatic rings. The van der Waals surface area contributed by atoms with Crippen LogP contribution in [0.1, 0.15) is 18.5 Å². The molecule has 37 heavy (non-hydrogen) atoms. The summed E-state index contributed by atoms with van der Waals surface area (Å²) in [5, 5.41) is 4.88. The number of rotatable bonds is 4. The van der Waals surface area contributed by atoms with Gasteiger partial charge >= 0.3 is 0 Å². The lowest BCUT2D eigenvalue weighted by Gasteiger charge is -2.39. The number of halogens is 1. The average Bonchev–Trinajstić information content (AvgIpc) is 3.37. The number of hydrogen-bond donors (Lipinski definition) is 0. The molecule has 2 aromatic heterocycles. The van der Waals surface area contributed by atoms with Crippen molar-refractivity contribution in [1.29, 1.82) is 0 Å². The Hall–Kier alpha value is -3.94. The predicted molar refractivity (Wildman–Crippen MR) is 143 cm³/mol. The molecule has 7 nitrogen and oxygen atoms in total. The van der Waals surface area contributed by atoms with Crippen molar-refractivity contribution < 1.29 is 9.18 Å². The number of amides is 1. The first-order valence-corrected chi connectivity index (χ1v) is 13.0. The normalized spacial score (nSPS) is 17.0. The van der Waals surface area contributed by atoms with Gasteiger partial charge in [-0.25, -0.2) is 9.37 Å². The van der Waals surface area contributed by atoms with Crippen LogP contribution in [0.15, 0.2) is 66.7 Å². The minimum Gasteiger partial charge on any atom is -0.368 e. The van der Waals surface area contributed by atoms with Crippen molar-refractivity contribution in [2.45, 2.75) is 19.8 Å². The first-order chi connectivity index (χ1) is 18.0. The molecule has 2 aliphatic rings. The molecule has 4 heterocycles. The molecule has 6 rings (SSSR count). The number of benzene rings is 2. The summed E-state index contributed by atoms with van der Waals surface area (Å²) in [4.78, 5) is 24.6. The first-order valence-electron chi connectivity index (χ1n) is 13.0. The number of hydrogen-bond acceptors (Lipinski definition) is 5. The molecule has 190 valence electrons. The van der Waals surface area contributed by atoms with Crippen LogP contribution in [0.25, 0.3) is 16.9 Å². The molecule has 0 bridgehead atoms. The maximum absolute atomic E-state index is 13.3. The van der Waals surface area contributed by atoms with Gasteiger partial charge in [0.15, 0.2) is 5.65 Å². The molecule has 0 saturated carbocycles. The zero-order valence-electron chi connectivity index (χ0n) is 21.1. The van der Waals surface area contributed by atoms with Crippen molar-refractivity contribution in [3.8, 4) is 11.3 Å². The van der Waals surface area contributed by atoms with Gasteiger partial charge in [0, 0.05) is 74.3 Å². The molecule has 2 fully saturated rings. The summed E-state index contributed by atoms with van der Waals surface area (Å²) >= 11 is 0. The first kappa shape index (κ1) is 23.5. The lowest BCUT2D eigenvalue weighted by atomic mass is 9.95. The molecular formula is C29H31FN6O. The summed E-state index contributed by atoms with van der Waals surface area (Å²) in [7, 11) is 0. The van der Waals surface area contributed by atoms with Gasteiger partial charge in [-0.05, 0) is 44.0 Å². The zero-order valence-corrected chi connectivity index (χ0v) is 21.1. The molecular weight excluding hydrogens is 467 g/mol. The number of aromatic nitrogens is 3. The third kappa shape index (κ3) is 4.75. The van der Waals surface area contributed by atoms with E-state index < -0.39 is 0 Å². The topological polar surface area (TPSA) is 57.0 Å². The van der Waals surface area contributed by atoms with Crippen LogP contribution in [-0.2, 0) is 4.79 Å². The Labute approximate surface area is 216 Å². The summed E-state index contributed by atoms with van der Waals surface area (Å²) < 4.78 is 15.2. The van der Waals surface area contributed by atoms with Gasteiger partial charge in [-0.2, -0.15) is 9.61 Å². The van der Waals surface area contributed by atoms with Crippen LogP contribution in [0.2, 0.25) is 0 Å². The standard InChI is InChI=1S/C29H31FN6O/c1-21-19-28(36-27(31-21)20-26(32-36)22-5-3-2-4-6-22)34-13-11-23(12-14-34)29(37)35-17-15-33(16-18-35)25-9-7-24(30)8-10-25/h2-10,19-20,23H,11-18H2,1H3. The highest BCUT2D eigenvalue weighted by molar-refractivity contribution is 5.79. The third-order valence-corrected chi connectivity index (χ3v) is 7.56. The number of aryl methyl sites for hydroxylation is 1. The SMILES string of the molecule is Cc1cc(N2CCC(C(=O)N3CCN(c4ccc(F)cc4)CC3)CC2)n2nc(-c3ccccc3)cc2n1. The quantitative estimate of drug-likeness (QED) is 0.417. The number of fused-ring (bicyclic) bond motifs is 1. The van der Waals surface area contributed by atoms with Gasteiger partial charge in [-0.15, -0.1) is 0 Å². The Morgan fingerprint density at radius 3 is 2.27 bits per heavy atom. The van der Waals surface area contributed by atoms with Crippen LogP contribution in [0.3, 0.4) is 0 Å². The maximum Gasteiger partial charge on any atom is 0.225 e. The number of anilines is 2. The molecule has 2 aromatic carbocycles. The van der Waals surface area contributed by atoms with Crippen LogP contribution in [0, 0.1) is 18.7 Å². The minimum atomic E-state index is -0.226. The Kier molecular flexibility index (Phi) is 6.24. The number of piperidine rings is 1. The van der Waals surface area contributed by atoms with E-state index in [1.54, 1.807) is 0 Å². The monoisotopic (exact) mass is 498 g/mol. The molecule has 8 heteroatoms. The summed E-state index contributed by atoms with van der Waals surface area (Å²) in [5.74, 6) is 1.11. The van der Waals surface area contributed by atoms with Gasteiger partial charge in [-0.3, -0.25) is 4.79 Å². The minimum absolute atomic E-state index is 0.0459. The predicted octanol–water partition coefficient (Wildman–Crippen LogP) is 4.41. The Morgan fingerprint density at radius 1 is 0.865 bits per heavy atom. The molecule has 2 saturated heterocycles. The van der Waals surface area contributed by atoms with Crippen LogP contribution in [0.5, 0.6) is 0 Å². The van der Waals surface area contributed by atoms with Gasteiger partial charge < -0.3 is 14.7 Å². The Morgan fingerprint density at radius 2 is 1.57 bits per heavy atom. The molecule has 0 spiro atoms. The van der Waals surface area contributed by atoms with E-state index in [1.807, 2.05) is 52.7 Å². The fourth-order valence-corrected chi connectivity index (χ4v) is 5.51. The lowest BCUT2D eigenvalue weighted by Crippen LogP contribution is -2.51. The molecule has 0 unspecified atom stereocenters. The lowest BCUT2D eigenvalue weighted by molar-refractivity contribution is -0.136. The van der Waals surface area contributed by atoms with Crippen molar-refractivity contribution in [3.63, 3.8) is 0 Å². The number of piperazine rings is 1. The summed E-state index contributed by atoms with van der Waals surface area (Å²) in [6.07, 6.45) is 1.65. The van der Waals surface area contributed by atoms with E-state index in [9.17, 15) is 9.18 Å². The van der Waals surface area contributed by atoms with E-state index in [2.05, 4.69) is 28.0 Å². The van der Waals surface area contributed by atoms with Gasteiger partial charge in [-0.1, -0.05) is 30.3 Å². The summed E-state index contributed by atoms with van der Waals surface area (Å²) in [6, 6.07) is 20.9. The maximum atomic E-state index is 13.3. The van der Waals surface area contributed by atoms with Crippen molar-refractivity contribution in [2.24, 2.45) is 5.92 Å². The van der Waals surface area contributed by atoms with E-state index in [0.29, 0.717) is 13.1 Å². The second-order valence-corrected chi connectivity index (χ2v) is 9.97. The highest BCUT2D eigenvalue weighted by Crippen LogP contribution is 2.28. The molecule has 2 aliphatic heterocycles. The molecule has 0 radical (unpaired) electrons. The third-order valence-electron chi connectivity index (χ3n) is 7.56. The van der Waals surface area contributed by atoms with Crippen LogP contribution in [0.4, 0.5) is 15.9 Å². The summed E-state index contributed by atoms with van der Waals surface area (Å²) in [5.41, 5.74) is 4.78. The smallest absolute Gasteiger partial charge is 0.225 e. The van der Waals surface area contributed by atoms with Crippen molar-refractivity contribution >= 4 is 23.1 Å². The van der Waals surface area contributed by atoms with Gasteiger partial charge in [0.1, 0.15) is 11.6 Å². The summed E-state index contributed by atoms with van der Waals surface area (Å²) in [6.45, 7) is 6.59. The zero-order chi connectivity index (χ0) is 25.4. The number of nitrogens with zero attached hydrogens (tertiary/aromatic N) is 6. The van der Waals surface area contributed by atoms with E-state index in [4.69, 9.17) is 10.1 Å². The molecule has 0 N–H and O–H groups in total. The van der Waals surface area contributed by atoms with Crippen molar-refractivity contribution in [1.82, 2.24) is 19.5 Å². The van der Waals surface area contributed by atoms with Crippen molar-refractivity contribution in [3.05, 3.63) is 78.2 Å². The van der Waals surface area contributed by atoms with Gasteiger partial charge in [0.05, 0.1) is 5.69 Å². The van der Waals surface area contributed by atoms with Crippen LogP contribution >= 0.6 is 0 Å². The van der Waals surface area contributed by atoms with E-state index in [-0.39, 0.29) is 17.6 Å². The highest BCUT2D eigenvalue weighted by atomic mass is 19.1. The van der Waals surface area contributed by atoms with E-state index in [1.165, 1.54) is 12.1 Å². The van der Waals surface area contributed by atoms with Crippen LogP contribution in [-0.4, -0.2) is 64.7 Å². The highest BCUT2D eigenvalue weighted by Gasteiger charge is 2.31. The van der Waals surface area contributed by atoms with E-state index in [0.717, 1.165) is 73.1 Å². The second kappa shape index (κ2) is 9.84. The Bertz CT molecular complexity index is 1390. The molecule has 0 atom stereocenters. The fraction of sp³-hybridized carbons (Fsp3) is 0.345. The van der Waals surface area contributed by atoms with Gasteiger partial charge in [0.2, 0.25) is 5.91 Å². The number of carbonyl (C=O) groups excluding carboxylic acids is 1. The van der Waals surface area contributed by atoms with E-state index >= 15 is 0 Å². The van der Waals surface area contributed by atoms with Gasteiger partial charge in [0.25, 0.3) is 0 Å². The second-order valence-electron chi connectivity index (χ2n) is 9.97. The fourth-order valence-electron chi connectivity index (χ4n) is 5.51. The average molecular weight is 499 g/mol. The molecule has 0 aliphatic carbocycles. The largest absolute Gasteiger partial charge is 0.368 e. The van der Waals surface area contributed by atoms with Crippen molar-refractivity contribution in [2.75, 3.05) is 49.1 Å².